The number of likely N-dealkylation sites (N-methyl/N-ethyl adjacent to an activating group) is 1. The predicted octanol–water partition coefficient (Wildman–Crippen LogP) is 0.827. The minimum Gasteiger partial charge on any atom is -0.351 e. The topological polar surface area (TPSA) is 58.4 Å². The third-order valence-electron chi connectivity index (χ3n) is 2.74. The number of nitrogens with one attached hydrogen (secondary N) is 1. The molecule has 17 heavy (non-hydrogen) atoms. The molecule has 1 aromatic carbocycles. The number of carbonyl (C=O) groups excluding carboxylic acids is 1. The van der Waals surface area contributed by atoms with E-state index in [2.05, 4.69) is 17.1 Å². The fourth-order valence-corrected chi connectivity index (χ4v) is 1.46. The van der Waals surface area contributed by atoms with E-state index < -0.39 is 0 Å². The van der Waals surface area contributed by atoms with Crippen LogP contribution in [-0.2, 0) is 6.54 Å². The van der Waals surface area contributed by atoms with Gasteiger partial charge in [-0.25, -0.2) is 0 Å². The molecule has 0 saturated heterocycles. The first-order valence-corrected chi connectivity index (χ1v) is 5.93. The Morgan fingerprint density at radius 3 is 2.88 bits per heavy atom. The predicted molar refractivity (Wildman–Crippen MR) is 69.8 cm³/mol. The number of amides is 1. The van der Waals surface area contributed by atoms with Crippen LogP contribution in [0.4, 0.5) is 0 Å². The van der Waals surface area contributed by atoms with Crippen LogP contribution < -0.4 is 11.1 Å². The Morgan fingerprint density at radius 1 is 1.47 bits per heavy atom. The second-order valence-electron chi connectivity index (χ2n) is 4.06. The summed E-state index contributed by atoms with van der Waals surface area (Å²) in [6.45, 7) is 5.06. The molecule has 0 unspecified atom stereocenters. The first-order chi connectivity index (χ1) is 8.17. The van der Waals surface area contributed by atoms with Gasteiger partial charge in [-0.2, -0.15) is 0 Å². The second kappa shape index (κ2) is 7.04. The van der Waals surface area contributed by atoms with E-state index in [0.29, 0.717) is 18.7 Å². The van der Waals surface area contributed by atoms with E-state index in [1.807, 2.05) is 25.2 Å². The molecule has 0 spiro atoms. The average molecular weight is 235 g/mol. The first kappa shape index (κ1) is 13.7. The van der Waals surface area contributed by atoms with Crippen molar-refractivity contribution in [3.63, 3.8) is 0 Å². The zero-order valence-electron chi connectivity index (χ0n) is 10.6. The molecule has 0 saturated carbocycles. The van der Waals surface area contributed by atoms with E-state index in [-0.39, 0.29) is 5.91 Å². The third kappa shape index (κ3) is 4.54. The van der Waals surface area contributed by atoms with Gasteiger partial charge in [-0.1, -0.05) is 19.1 Å². The molecule has 0 aromatic heterocycles. The van der Waals surface area contributed by atoms with Crippen LogP contribution >= 0.6 is 0 Å². The van der Waals surface area contributed by atoms with Crippen molar-refractivity contribution in [3.05, 3.63) is 35.4 Å². The van der Waals surface area contributed by atoms with Gasteiger partial charge in [0, 0.05) is 25.2 Å². The highest BCUT2D eigenvalue weighted by Crippen LogP contribution is 2.04. The highest BCUT2D eigenvalue weighted by Gasteiger charge is 2.05. The lowest BCUT2D eigenvalue weighted by Crippen LogP contribution is -2.32. The molecule has 3 N–H and O–H groups in total. The number of rotatable bonds is 6. The Balaban J connectivity index is 2.46. The summed E-state index contributed by atoms with van der Waals surface area (Å²) < 4.78 is 0. The maximum Gasteiger partial charge on any atom is 0.251 e. The molecule has 94 valence electrons. The summed E-state index contributed by atoms with van der Waals surface area (Å²) in [4.78, 5) is 14.0. The maximum atomic E-state index is 11.8. The minimum atomic E-state index is -0.0372. The lowest BCUT2D eigenvalue weighted by atomic mass is 10.1. The van der Waals surface area contributed by atoms with Gasteiger partial charge in [0.15, 0.2) is 0 Å². The molecular weight excluding hydrogens is 214 g/mol. The van der Waals surface area contributed by atoms with Crippen molar-refractivity contribution in [3.8, 4) is 0 Å². The molecule has 1 rings (SSSR count). The monoisotopic (exact) mass is 235 g/mol. The summed E-state index contributed by atoms with van der Waals surface area (Å²) in [5.41, 5.74) is 7.19. The molecule has 0 aliphatic heterocycles. The Bertz CT molecular complexity index is 365. The number of benzene rings is 1. The quantitative estimate of drug-likeness (QED) is 0.767. The van der Waals surface area contributed by atoms with Gasteiger partial charge in [-0.3, -0.25) is 4.79 Å². The second-order valence-corrected chi connectivity index (χ2v) is 4.06. The van der Waals surface area contributed by atoms with Crippen LogP contribution in [0.3, 0.4) is 0 Å². The van der Waals surface area contributed by atoms with Gasteiger partial charge >= 0.3 is 0 Å². The molecule has 4 nitrogen and oxygen atoms in total. The van der Waals surface area contributed by atoms with Crippen molar-refractivity contribution in [1.29, 1.82) is 0 Å². The number of carbonyl (C=O) groups is 1. The molecule has 1 amide bonds. The van der Waals surface area contributed by atoms with Crippen molar-refractivity contribution < 1.29 is 4.79 Å². The van der Waals surface area contributed by atoms with Crippen molar-refractivity contribution >= 4 is 5.91 Å². The van der Waals surface area contributed by atoms with Crippen LogP contribution in [-0.4, -0.2) is 37.5 Å². The van der Waals surface area contributed by atoms with E-state index >= 15 is 0 Å². The molecular formula is C13H21N3O. The maximum absolute atomic E-state index is 11.8. The van der Waals surface area contributed by atoms with Crippen LogP contribution in [0, 0.1) is 0 Å². The zero-order valence-corrected chi connectivity index (χ0v) is 10.6. The molecule has 0 aliphatic rings. The van der Waals surface area contributed by atoms with E-state index in [0.717, 1.165) is 18.7 Å². The molecule has 0 fully saturated rings. The van der Waals surface area contributed by atoms with E-state index in [4.69, 9.17) is 5.73 Å². The van der Waals surface area contributed by atoms with Gasteiger partial charge in [0.25, 0.3) is 5.91 Å². The molecule has 4 heteroatoms. The Morgan fingerprint density at radius 2 is 2.24 bits per heavy atom. The number of nitrogens with two attached hydrogens (primary N) is 1. The minimum absolute atomic E-state index is 0.0372. The van der Waals surface area contributed by atoms with Crippen molar-refractivity contribution in [2.24, 2.45) is 5.73 Å². The normalized spacial score (nSPS) is 10.6. The highest BCUT2D eigenvalue weighted by atomic mass is 16.1. The molecule has 0 atom stereocenters. The molecule has 0 aliphatic carbocycles. The highest BCUT2D eigenvalue weighted by molar-refractivity contribution is 5.94. The van der Waals surface area contributed by atoms with Crippen LogP contribution in [0.2, 0.25) is 0 Å². The summed E-state index contributed by atoms with van der Waals surface area (Å²) in [7, 11) is 2.03. The van der Waals surface area contributed by atoms with Crippen LogP contribution in [0.25, 0.3) is 0 Å². The number of hydrogen-bond acceptors (Lipinski definition) is 3. The fourth-order valence-electron chi connectivity index (χ4n) is 1.46. The summed E-state index contributed by atoms with van der Waals surface area (Å²) in [6, 6.07) is 7.41. The Labute approximate surface area is 103 Å². The summed E-state index contributed by atoms with van der Waals surface area (Å²) in [5.74, 6) is -0.0372. The van der Waals surface area contributed by atoms with E-state index in [1.54, 1.807) is 6.07 Å². The Hall–Kier alpha value is -1.39. The smallest absolute Gasteiger partial charge is 0.251 e. The first-order valence-electron chi connectivity index (χ1n) is 5.93. The molecule has 1 aromatic rings. The van der Waals surface area contributed by atoms with Gasteiger partial charge < -0.3 is 16.0 Å². The van der Waals surface area contributed by atoms with Gasteiger partial charge in [-0.15, -0.1) is 0 Å². The largest absolute Gasteiger partial charge is 0.351 e. The average Bonchev–Trinajstić information content (AvgIpc) is 2.38. The summed E-state index contributed by atoms with van der Waals surface area (Å²) in [5, 5.41) is 2.89. The molecule has 0 heterocycles. The van der Waals surface area contributed by atoms with Gasteiger partial charge in [-0.05, 0) is 31.3 Å². The lowest BCUT2D eigenvalue weighted by Gasteiger charge is -2.14. The molecule has 0 bridgehead atoms. The van der Waals surface area contributed by atoms with Gasteiger partial charge in [0.05, 0.1) is 0 Å². The van der Waals surface area contributed by atoms with Gasteiger partial charge in [0.1, 0.15) is 0 Å². The van der Waals surface area contributed by atoms with Crippen LogP contribution in [0.15, 0.2) is 24.3 Å². The fraction of sp³-hybridized carbons (Fsp3) is 0.462. The van der Waals surface area contributed by atoms with Gasteiger partial charge in [0.2, 0.25) is 0 Å². The third-order valence-corrected chi connectivity index (χ3v) is 2.74. The SMILES string of the molecule is CCN(C)CCNC(=O)c1cccc(CN)c1. The van der Waals surface area contributed by atoms with Crippen LogP contribution in [0.5, 0.6) is 0 Å². The number of hydrogen-bond donors (Lipinski definition) is 2. The number of nitrogens with zero attached hydrogens (tertiary/aromatic N) is 1. The standard InChI is InChI=1S/C13H21N3O/c1-3-16(2)8-7-15-13(17)12-6-4-5-11(9-12)10-14/h4-6,9H,3,7-8,10,14H2,1-2H3,(H,15,17). The summed E-state index contributed by atoms with van der Waals surface area (Å²) in [6.07, 6.45) is 0. The van der Waals surface area contributed by atoms with E-state index in [1.165, 1.54) is 0 Å². The van der Waals surface area contributed by atoms with Crippen LogP contribution in [0.1, 0.15) is 22.8 Å². The van der Waals surface area contributed by atoms with Crippen molar-refractivity contribution in [2.45, 2.75) is 13.5 Å². The van der Waals surface area contributed by atoms with E-state index in [9.17, 15) is 4.79 Å². The Kier molecular flexibility index (Phi) is 5.66. The summed E-state index contributed by atoms with van der Waals surface area (Å²) >= 11 is 0. The zero-order chi connectivity index (χ0) is 12.7. The lowest BCUT2D eigenvalue weighted by molar-refractivity contribution is 0.0950. The van der Waals surface area contributed by atoms with Crippen molar-refractivity contribution in [1.82, 2.24) is 10.2 Å². The molecule has 0 radical (unpaired) electrons. The van der Waals surface area contributed by atoms with Crippen molar-refractivity contribution in [2.75, 3.05) is 26.7 Å².